The highest BCUT2D eigenvalue weighted by atomic mass is 32.2. The molecular formula is C24H29NO7S. The van der Waals surface area contributed by atoms with E-state index in [1.54, 1.807) is 57.2 Å². The lowest BCUT2D eigenvalue weighted by Crippen LogP contribution is -2.26. The van der Waals surface area contributed by atoms with Gasteiger partial charge in [-0.25, -0.2) is 4.79 Å². The number of Topliss-reactive ketones (excluding diaryl/α,β-unsaturated/α-hetero) is 1. The molecule has 33 heavy (non-hydrogen) atoms. The van der Waals surface area contributed by atoms with E-state index in [0.29, 0.717) is 33.4 Å². The highest BCUT2D eigenvalue weighted by Crippen LogP contribution is 2.40. The Bertz CT molecular complexity index is 989. The molecule has 2 aromatic rings. The van der Waals surface area contributed by atoms with Gasteiger partial charge >= 0.3 is 5.97 Å². The number of rotatable bonds is 10. The summed E-state index contributed by atoms with van der Waals surface area (Å²) < 4.78 is 21.1. The topological polar surface area (TPSA) is 100 Å². The molecule has 0 spiro atoms. The Morgan fingerprint density at radius 3 is 2.09 bits per heavy atom. The number of hydrogen-bond donors (Lipinski definition) is 1. The van der Waals surface area contributed by atoms with Gasteiger partial charge in [0, 0.05) is 28.1 Å². The predicted molar refractivity (Wildman–Crippen MR) is 127 cm³/mol. The summed E-state index contributed by atoms with van der Waals surface area (Å²) in [7, 11) is 4.48. The van der Waals surface area contributed by atoms with Crippen LogP contribution in [0.15, 0.2) is 41.3 Å². The second-order valence-electron chi connectivity index (χ2n) is 8.00. The Labute approximate surface area is 197 Å². The predicted octanol–water partition coefficient (Wildman–Crippen LogP) is 4.22. The summed E-state index contributed by atoms with van der Waals surface area (Å²) in [5.74, 6) is 0.217. The molecule has 178 valence electrons. The van der Waals surface area contributed by atoms with Crippen LogP contribution < -0.4 is 19.5 Å². The highest BCUT2D eigenvalue weighted by Gasteiger charge is 2.23. The van der Waals surface area contributed by atoms with E-state index in [-0.39, 0.29) is 24.1 Å². The molecule has 1 N–H and O–H groups in total. The minimum absolute atomic E-state index is 0.0435. The molecule has 8 nitrogen and oxygen atoms in total. The lowest BCUT2D eigenvalue weighted by atomic mass is 9.91. The number of methoxy groups -OCH3 is 3. The maximum atomic E-state index is 12.5. The fourth-order valence-corrected chi connectivity index (χ4v) is 3.52. The first-order valence-electron chi connectivity index (χ1n) is 10.1. The van der Waals surface area contributed by atoms with Crippen LogP contribution in [0.5, 0.6) is 17.2 Å². The molecule has 0 saturated carbocycles. The van der Waals surface area contributed by atoms with Gasteiger partial charge in [-0.3, -0.25) is 9.59 Å². The number of esters is 1. The molecule has 9 heteroatoms. The first kappa shape index (κ1) is 26.1. The Hall–Kier alpha value is -3.20. The molecule has 0 aliphatic carbocycles. The molecule has 2 aromatic carbocycles. The van der Waals surface area contributed by atoms with Crippen LogP contribution in [0.4, 0.5) is 5.69 Å². The number of anilines is 1. The summed E-state index contributed by atoms with van der Waals surface area (Å²) >= 11 is 1.19. The van der Waals surface area contributed by atoms with E-state index in [9.17, 15) is 14.4 Å². The average Bonchev–Trinajstić information content (AvgIpc) is 2.79. The van der Waals surface area contributed by atoms with Crippen molar-refractivity contribution in [3.8, 4) is 17.2 Å². The van der Waals surface area contributed by atoms with E-state index in [4.69, 9.17) is 18.9 Å². The molecule has 0 heterocycles. The largest absolute Gasteiger partial charge is 0.493 e. The van der Waals surface area contributed by atoms with E-state index in [1.807, 2.05) is 0 Å². The Morgan fingerprint density at radius 2 is 1.55 bits per heavy atom. The first-order valence-corrected chi connectivity index (χ1v) is 11.1. The van der Waals surface area contributed by atoms with E-state index < -0.39 is 11.4 Å². The summed E-state index contributed by atoms with van der Waals surface area (Å²) in [4.78, 5) is 37.7. The van der Waals surface area contributed by atoms with Crippen molar-refractivity contribution in [2.24, 2.45) is 5.41 Å². The highest BCUT2D eigenvalue weighted by molar-refractivity contribution is 8.00. The van der Waals surface area contributed by atoms with Crippen molar-refractivity contribution in [3.05, 3.63) is 42.0 Å². The van der Waals surface area contributed by atoms with Crippen LogP contribution in [0, 0.1) is 5.41 Å². The van der Waals surface area contributed by atoms with Gasteiger partial charge < -0.3 is 24.3 Å². The molecule has 0 unspecified atom stereocenters. The van der Waals surface area contributed by atoms with Crippen LogP contribution >= 0.6 is 11.8 Å². The van der Waals surface area contributed by atoms with Gasteiger partial charge in [-0.15, -0.1) is 11.8 Å². The third-order valence-corrected chi connectivity index (χ3v) is 5.66. The van der Waals surface area contributed by atoms with Crippen LogP contribution in [0.25, 0.3) is 0 Å². The minimum atomic E-state index is -0.610. The molecule has 0 saturated heterocycles. The minimum Gasteiger partial charge on any atom is -0.493 e. The fraction of sp³-hybridized carbons (Fsp3) is 0.375. The normalized spacial score (nSPS) is 10.8. The van der Waals surface area contributed by atoms with Gasteiger partial charge in [-0.2, -0.15) is 0 Å². The third kappa shape index (κ3) is 7.15. The Kier molecular flexibility index (Phi) is 9.16. The van der Waals surface area contributed by atoms with Crippen molar-refractivity contribution in [2.75, 3.05) is 39.0 Å². The molecule has 0 aliphatic heterocycles. The fourth-order valence-electron chi connectivity index (χ4n) is 2.68. The zero-order valence-corrected chi connectivity index (χ0v) is 20.5. The smallest absolute Gasteiger partial charge is 0.339 e. The molecule has 0 aromatic heterocycles. The van der Waals surface area contributed by atoms with Crippen LogP contribution in [0.2, 0.25) is 0 Å². The summed E-state index contributed by atoms with van der Waals surface area (Å²) in [5.41, 5.74) is 0.174. The first-order chi connectivity index (χ1) is 15.6. The number of hydrogen-bond acceptors (Lipinski definition) is 8. The molecule has 1 amide bonds. The number of carbonyl (C=O) groups excluding carboxylic acids is 3. The van der Waals surface area contributed by atoms with Crippen LogP contribution in [-0.2, 0) is 14.3 Å². The maximum absolute atomic E-state index is 12.5. The molecule has 0 bridgehead atoms. The zero-order valence-electron chi connectivity index (χ0n) is 19.6. The molecular weight excluding hydrogens is 446 g/mol. The number of amides is 1. The second kappa shape index (κ2) is 11.6. The second-order valence-corrected chi connectivity index (χ2v) is 9.01. The van der Waals surface area contributed by atoms with Gasteiger partial charge in [-0.05, 0) is 12.1 Å². The molecule has 2 rings (SSSR count). The monoisotopic (exact) mass is 475 g/mol. The van der Waals surface area contributed by atoms with Gasteiger partial charge in [0.25, 0.3) is 0 Å². The third-order valence-electron chi connectivity index (χ3n) is 4.59. The number of ketones is 1. The number of ether oxygens (including phenoxy) is 4. The average molecular weight is 476 g/mol. The van der Waals surface area contributed by atoms with Crippen molar-refractivity contribution in [3.63, 3.8) is 0 Å². The van der Waals surface area contributed by atoms with Crippen LogP contribution in [0.1, 0.15) is 31.1 Å². The van der Waals surface area contributed by atoms with Crippen molar-refractivity contribution < 1.29 is 33.3 Å². The zero-order chi connectivity index (χ0) is 24.6. The molecule has 0 radical (unpaired) electrons. The standard InChI is InChI=1S/C24H29NO7S/c1-24(2,3)20(26)13-32-23(28)16-9-7-8-10-19(16)33-14-21(27)25-15-11-17(29-4)22(31-6)18(12-15)30-5/h7-12H,13-14H2,1-6H3,(H,25,27). The number of carbonyl (C=O) groups is 3. The van der Waals surface area contributed by atoms with E-state index in [0.717, 1.165) is 0 Å². The quantitative estimate of drug-likeness (QED) is 0.403. The van der Waals surface area contributed by atoms with Gasteiger partial charge in [0.15, 0.2) is 23.9 Å². The Balaban J connectivity index is 2.05. The van der Waals surface area contributed by atoms with Crippen molar-refractivity contribution in [1.82, 2.24) is 0 Å². The van der Waals surface area contributed by atoms with Gasteiger partial charge in [0.1, 0.15) is 0 Å². The van der Waals surface area contributed by atoms with Crippen molar-refractivity contribution in [2.45, 2.75) is 25.7 Å². The van der Waals surface area contributed by atoms with E-state index in [1.165, 1.54) is 33.1 Å². The van der Waals surface area contributed by atoms with Gasteiger partial charge in [-0.1, -0.05) is 32.9 Å². The lowest BCUT2D eigenvalue weighted by molar-refractivity contribution is -0.129. The maximum Gasteiger partial charge on any atom is 0.339 e. The molecule has 0 fully saturated rings. The number of thioether (sulfide) groups is 1. The van der Waals surface area contributed by atoms with Gasteiger partial charge in [0.05, 0.1) is 32.6 Å². The summed E-state index contributed by atoms with van der Waals surface area (Å²) in [6.45, 7) is 4.99. The van der Waals surface area contributed by atoms with Crippen molar-refractivity contribution in [1.29, 1.82) is 0 Å². The summed E-state index contributed by atoms with van der Waals surface area (Å²) in [5, 5.41) is 2.78. The van der Waals surface area contributed by atoms with E-state index in [2.05, 4.69) is 5.32 Å². The summed E-state index contributed by atoms with van der Waals surface area (Å²) in [6, 6.07) is 10.0. The number of nitrogens with one attached hydrogen (secondary N) is 1. The van der Waals surface area contributed by atoms with Crippen LogP contribution in [-0.4, -0.2) is 51.3 Å². The molecule has 0 aliphatic rings. The SMILES string of the molecule is COc1cc(NC(=O)CSc2ccccc2C(=O)OCC(=O)C(C)(C)C)cc(OC)c1OC. The van der Waals surface area contributed by atoms with Crippen LogP contribution in [0.3, 0.4) is 0 Å². The Morgan fingerprint density at radius 1 is 0.939 bits per heavy atom. The van der Waals surface area contributed by atoms with E-state index >= 15 is 0 Å². The van der Waals surface area contributed by atoms with Gasteiger partial charge in [0.2, 0.25) is 11.7 Å². The number of benzene rings is 2. The summed E-state index contributed by atoms with van der Waals surface area (Å²) in [6.07, 6.45) is 0. The van der Waals surface area contributed by atoms with Crippen molar-refractivity contribution >= 4 is 35.1 Å². The lowest BCUT2D eigenvalue weighted by Gasteiger charge is -2.16. The molecule has 0 atom stereocenters.